The summed E-state index contributed by atoms with van der Waals surface area (Å²) < 4.78 is 57.0. The monoisotopic (exact) mass is 464 g/mol. The van der Waals surface area contributed by atoms with Gasteiger partial charge in [0.2, 0.25) is 0 Å². The lowest BCUT2D eigenvalue weighted by atomic mass is 9.91. The number of methoxy groups -OCH3 is 1. The number of hydrogen-bond acceptors (Lipinski definition) is 5. The van der Waals surface area contributed by atoms with Gasteiger partial charge in [-0.15, -0.1) is 0 Å². The van der Waals surface area contributed by atoms with E-state index in [1.165, 1.54) is 32.4 Å². The molecule has 0 radical (unpaired) electrons. The molecular weight excluding hydrogens is 441 g/mol. The first kappa shape index (κ1) is 24.0. The molecule has 1 heterocycles. The first-order valence-electron chi connectivity index (χ1n) is 10.0. The molecule has 1 N–H and O–H groups in total. The Balaban J connectivity index is 2.08. The molecule has 2 amide bonds. The van der Waals surface area contributed by atoms with Gasteiger partial charge >= 0.3 is 18.2 Å². The number of carbonyl (C=O) groups is 2. The normalized spacial score (nSPS) is 16.4. The fourth-order valence-electron chi connectivity index (χ4n) is 3.45. The topological polar surface area (TPSA) is 77.1 Å². The Bertz CT molecular complexity index is 1050. The maximum absolute atomic E-state index is 13.7. The predicted octanol–water partition coefficient (Wildman–Crippen LogP) is 4.31. The third kappa shape index (κ3) is 5.21. The number of amides is 2. The third-order valence-electron chi connectivity index (χ3n) is 5.08. The van der Waals surface area contributed by atoms with Crippen LogP contribution in [-0.2, 0) is 15.7 Å². The highest BCUT2D eigenvalue weighted by Gasteiger charge is 2.42. The van der Waals surface area contributed by atoms with Gasteiger partial charge in [0.25, 0.3) is 0 Å². The van der Waals surface area contributed by atoms with Crippen molar-refractivity contribution in [2.24, 2.45) is 0 Å². The van der Waals surface area contributed by atoms with Crippen LogP contribution < -0.4 is 14.8 Å². The number of likely N-dealkylation sites (N-methyl/N-ethyl adjacent to an activating group) is 1. The van der Waals surface area contributed by atoms with Gasteiger partial charge in [0, 0.05) is 7.05 Å². The molecule has 7 nitrogen and oxygen atoms in total. The molecule has 0 unspecified atom stereocenters. The number of ether oxygens (including phenoxy) is 3. The van der Waals surface area contributed by atoms with E-state index in [4.69, 9.17) is 14.2 Å². The first-order chi connectivity index (χ1) is 15.7. The number of halogens is 3. The number of rotatable bonds is 7. The van der Waals surface area contributed by atoms with Crippen molar-refractivity contribution in [1.29, 1.82) is 0 Å². The molecule has 0 saturated heterocycles. The smallest absolute Gasteiger partial charge is 0.416 e. The van der Waals surface area contributed by atoms with Crippen molar-refractivity contribution in [1.82, 2.24) is 10.2 Å². The van der Waals surface area contributed by atoms with Crippen LogP contribution in [-0.4, -0.2) is 44.3 Å². The molecule has 1 aliphatic heterocycles. The second kappa shape index (κ2) is 9.85. The Hall–Kier alpha value is -3.69. The Morgan fingerprint density at radius 2 is 1.73 bits per heavy atom. The molecule has 2 aromatic carbocycles. The van der Waals surface area contributed by atoms with Crippen LogP contribution in [0.5, 0.6) is 11.5 Å². The first-order valence-corrected chi connectivity index (χ1v) is 10.0. The summed E-state index contributed by atoms with van der Waals surface area (Å²) in [4.78, 5) is 26.7. The zero-order valence-electron chi connectivity index (χ0n) is 18.2. The Kier molecular flexibility index (Phi) is 7.15. The zero-order chi connectivity index (χ0) is 24.2. The van der Waals surface area contributed by atoms with E-state index < -0.39 is 29.8 Å². The van der Waals surface area contributed by atoms with Crippen molar-refractivity contribution in [3.8, 4) is 11.5 Å². The number of alkyl halides is 3. The minimum Gasteiger partial charge on any atom is -0.497 e. The SMILES string of the molecule is CCOC(=O)C1=C(COc2ccc(OC)cc2)N(C)C(=O)N[C@H]1c1ccccc1C(F)(F)F. The average molecular weight is 464 g/mol. The van der Waals surface area contributed by atoms with E-state index in [2.05, 4.69) is 5.32 Å². The lowest BCUT2D eigenvalue weighted by molar-refractivity contribution is -0.141. The number of urea groups is 1. The third-order valence-corrected chi connectivity index (χ3v) is 5.08. The predicted molar refractivity (Wildman–Crippen MR) is 113 cm³/mol. The summed E-state index contributed by atoms with van der Waals surface area (Å²) in [6.45, 7) is 1.32. The molecule has 0 saturated carbocycles. The second-order valence-electron chi connectivity index (χ2n) is 7.07. The van der Waals surface area contributed by atoms with E-state index in [1.54, 1.807) is 31.2 Å². The Morgan fingerprint density at radius 1 is 1.09 bits per heavy atom. The van der Waals surface area contributed by atoms with Crippen LogP contribution in [0.15, 0.2) is 59.8 Å². The minimum absolute atomic E-state index is 0.000247. The summed E-state index contributed by atoms with van der Waals surface area (Å²) in [5, 5.41) is 2.48. The van der Waals surface area contributed by atoms with Crippen LogP contribution in [0.25, 0.3) is 0 Å². The largest absolute Gasteiger partial charge is 0.497 e. The second-order valence-corrected chi connectivity index (χ2v) is 7.07. The molecule has 2 aromatic rings. The van der Waals surface area contributed by atoms with Crippen molar-refractivity contribution in [2.45, 2.75) is 19.1 Å². The highest BCUT2D eigenvalue weighted by atomic mass is 19.4. The molecule has 0 bridgehead atoms. The molecule has 1 atom stereocenters. The van der Waals surface area contributed by atoms with Crippen molar-refractivity contribution in [3.63, 3.8) is 0 Å². The van der Waals surface area contributed by atoms with Gasteiger partial charge in [-0.1, -0.05) is 18.2 Å². The molecule has 0 aliphatic carbocycles. The van der Waals surface area contributed by atoms with Gasteiger partial charge in [0.1, 0.15) is 18.1 Å². The molecule has 1 aliphatic rings. The number of esters is 1. The quantitative estimate of drug-likeness (QED) is 0.618. The number of hydrogen-bond donors (Lipinski definition) is 1. The van der Waals surface area contributed by atoms with Crippen molar-refractivity contribution >= 4 is 12.0 Å². The molecule has 10 heteroatoms. The molecule has 0 aromatic heterocycles. The van der Waals surface area contributed by atoms with Gasteiger partial charge in [-0.2, -0.15) is 13.2 Å². The summed E-state index contributed by atoms with van der Waals surface area (Å²) >= 11 is 0. The van der Waals surface area contributed by atoms with Gasteiger partial charge in [-0.05, 0) is 42.8 Å². The van der Waals surface area contributed by atoms with Crippen LogP contribution in [0.1, 0.15) is 24.1 Å². The minimum atomic E-state index is -4.69. The summed E-state index contributed by atoms with van der Waals surface area (Å²) in [7, 11) is 2.91. The standard InChI is InChI=1S/C23H23F3N2O5/c1-4-32-21(29)19-18(13-33-15-11-9-14(31-3)10-12-15)28(2)22(30)27-20(19)16-7-5-6-8-17(16)23(24,25)26/h5-12,20H,4,13H2,1-3H3,(H,27,30)/t20-/m0/s1. The summed E-state index contributed by atoms with van der Waals surface area (Å²) in [6.07, 6.45) is -4.69. The lowest BCUT2D eigenvalue weighted by Gasteiger charge is -2.35. The highest BCUT2D eigenvalue weighted by molar-refractivity contribution is 5.95. The van der Waals surface area contributed by atoms with E-state index in [0.29, 0.717) is 11.5 Å². The number of nitrogens with zero attached hydrogens (tertiary/aromatic N) is 1. The van der Waals surface area contributed by atoms with E-state index in [0.717, 1.165) is 11.0 Å². The van der Waals surface area contributed by atoms with E-state index >= 15 is 0 Å². The van der Waals surface area contributed by atoms with Gasteiger partial charge in [0.15, 0.2) is 0 Å². The van der Waals surface area contributed by atoms with Gasteiger partial charge in [-0.3, -0.25) is 4.90 Å². The van der Waals surface area contributed by atoms with Crippen molar-refractivity contribution < 1.29 is 37.0 Å². The molecule has 3 rings (SSSR count). The van der Waals surface area contributed by atoms with Gasteiger partial charge in [-0.25, -0.2) is 9.59 Å². The van der Waals surface area contributed by atoms with Crippen LogP contribution in [0.2, 0.25) is 0 Å². The molecular formula is C23H23F3N2O5. The van der Waals surface area contributed by atoms with Crippen LogP contribution in [0.4, 0.5) is 18.0 Å². The summed E-state index contributed by atoms with van der Waals surface area (Å²) in [6, 6.07) is 9.29. The van der Waals surface area contributed by atoms with E-state index in [9.17, 15) is 22.8 Å². The van der Waals surface area contributed by atoms with Crippen LogP contribution in [0.3, 0.4) is 0 Å². The molecule has 0 spiro atoms. The van der Waals surface area contributed by atoms with E-state index in [1.807, 2.05) is 0 Å². The summed E-state index contributed by atoms with van der Waals surface area (Å²) in [5.41, 5.74) is -1.27. The zero-order valence-corrected chi connectivity index (χ0v) is 18.2. The van der Waals surface area contributed by atoms with Crippen LogP contribution >= 0.6 is 0 Å². The van der Waals surface area contributed by atoms with Crippen molar-refractivity contribution in [2.75, 3.05) is 27.4 Å². The highest BCUT2D eigenvalue weighted by Crippen LogP contribution is 2.39. The Labute approximate surface area is 188 Å². The van der Waals surface area contributed by atoms with Crippen LogP contribution in [0, 0.1) is 0 Å². The van der Waals surface area contributed by atoms with E-state index in [-0.39, 0.29) is 30.0 Å². The van der Waals surface area contributed by atoms with Crippen molar-refractivity contribution in [3.05, 3.63) is 70.9 Å². The number of carbonyl (C=O) groups excluding carboxylic acids is 2. The Morgan fingerprint density at radius 3 is 2.33 bits per heavy atom. The fraction of sp³-hybridized carbons (Fsp3) is 0.304. The van der Waals surface area contributed by atoms with Gasteiger partial charge < -0.3 is 19.5 Å². The lowest BCUT2D eigenvalue weighted by Crippen LogP contribution is -2.48. The molecule has 33 heavy (non-hydrogen) atoms. The fourth-order valence-corrected chi connectivity index (χ4v) is 3.45. The molecule has 176 valence electrons. The number of nitrogens with one attached hydrogen (secondary N) is 1. The maximum atomic E-state index is 13.7. The summed E-state index contributed by atoms with van der Waals surface area (Å²) in [5.74, 6) is 0.171. The number of benzene rings is 2. The maximum Gasteiger partial charge on any atom is 0.416 e. The average Bonchev–Trinajstić information content (AvgIpc) is 2.79. The molecule has 0 fully saturated rings. The van der Waals surface area contributed by atoms with Gasteiger partial charge in [0.05, 0.1) is 36.6 Å².